The summed E-state index contributed by atoms with van der Waals surface area (Å²) in [6, 6.07) is 6.73. The third-order valence-corrected chi connectivity index (χ3v) is 5.00. The van der Waals surface area contributed by atoms with Crippen LogP contribution in [0.5, 0.6) is 0 Å². The number of nitrogens with one attached hydrogen (secondary N) is 1. The van der Waals surface area contributed by atoms with Gasteiger partial charge in [0.15, 0.2) is 0 Å². The van der Waals surface area contributed by atoms with E-state index in [1.807, 2.05) is 6.20 Å². The van der Waals surface area contributed by atoms with E-state index in [9.17, 15) is 0 Å². The SMILES string of the molecule is C=C(C)C1=C(C)Nc2c(C)cnc(C)c2[C@H]1c1ccc(C)cc1C. The molecule has 1 aliphatic rings. The third kappa shape index (κ3) is 2.56. The molecule has 0 amide bonds. The van der Waals surface area contributed by atoms with Crippen molar-refractivity contribution in [1.82, 2.24) is 4.98 Å². The smallest absolute Gasteiger partial charge is 0.0487 e. The molecule has 3 rings (SSSR count). The maximum Gasteiger partial charge on any atom is 0.0487 e. The van der Waals surface area contributed by atoms with Crippen LogP contribution >= 0.6 is 0 Å². The van der Waals surface area contributed by atoms with Crippen molar-refractivity contribution < 1.29 is 0 Å². The Morgan fingerprint density at radius 3 is 2.42 bits per heavy atom. The summed E-state index contributed by atoms with van der Waals surface area (Å²) in [5.41, 5.74) is 12.3. The van der Waals surface area contributed by atoms with Crippen LogP contribution in [0, 0.1) is 27.7 Å². The number of aryl methyl sites for hydroxylation is 4. The van der Waals surface area contributed by atoms with Gasteiger partial charge in [-0.25, -0.2) is 0 Å². The Hall–Kier alpha value is -2.35. The molecule has 0 spiro atoms. The molecule has 0 bridgehead atoms. The summed E-state index contributed by atoms with van der Waals surface area (Å²) in [7, 11) is 0. The number of hydrogen-bond donors (Lipinski definition) is 1. The molecule has 1 aliphatic heterocycles. The van der Waals surface area contributed by atoms with E-state index in [-0.39, 0.29) is 5.92 Å². The maximum absolute atomic E-state index is 4.64. The van der Waals surface area contributed by atoms with E-state index in [2.05, 4.69) is 76.6 Å². The first kappa shape index (κ1) is 16.5. The predicted molar refractivity (Wildman–Crippen MR) is 103 cm³/mol. The number of anilines is 1. The van der Waals surface area contributed by atoms with Crippen LogP contribution in [-0.4, -0.2) is 4.98 Å². The fourth-order valence-electron chi connectivity index (χ4n) is 3.88. The fourth-order valence-corrected chi connectivity index (χ4v) is 3.88. The molecule has 0 saturated carbocycles. The van der Waals surface area contributed by atoms with Crippen LogP contribution in [0.4, 0.5) is 5.69 Å². The molecular formula is C22H26N2. The largest absolute Gasteiger partial charge is 0.358 e. The third-order valence-electron chi connectivity index (χ3n) is 5.00. The lowest BCUT2D eigenvalue weighted by molar-refractivity contribution is 0.874. The molecule has 1 aromatic carbocycles. The van der Waals surface area contributed by atoms with Crippen LogP contribution < -0.4 is 5.32 Å². The van der Waals surface area contributed by atoms with Gasteiger partial charge in [0.05, 0.1) is 0 Å². The van der Waals surface area contributed by atoms with Crippen molar-refractivity contribution in [3.63, 3.8) is 0 Å². The average molecular weight is 318 g/mol. The molecule has 0 saturated heterocycles. The van der Waals surface area contributed by atoms with Gasteiger partial charge in [-0.3, -0.25) is 4.98 Å². The molecule has 0 fully saturated rings. The zero-order valence-electron chi connectivity index (χ0n) is 15.5. The number of pyridine rings is 1. The number of hydrogen-bond acceptors (Lipinski definition) is 2. The topological polar surface area (TPSA) is 24.9 Å². The predicted octanol–water partition coefficient (Wildman–Crippen LogP) is 5.72. The number of aromatic nitrogens is 1. The quantitative estimate of drug-likeness (QED) is 0.765. The number of allylic oxidation sites excluding steroid dienone is 3. The van der Waals surface area contributed by atoms with E-state index >= 15 is 0 Å². The van der Waals surface area contributed by atoms with Crippen molar-refractivity contribution in [2.24, 2.45) is 0 Å². The van der Waals surface area contributed by atoms with E-state index in [4.69, 9.17) is 0 Å². The lowest BCUT2D eigenvalue weighted by Crippen LogP contribution is -2.21. The van der Waals surface area contributed by atoms with E-state index in [0.717, 1.165) is 11.3 Å². The van der Waals surface area contributed by atoms with Crippen molar-refractivity contribution >= 4 is 5.69 Å². The lowest BCUT2D eigenvalue weighted by atomic mass is 9.76. The average Bonchev–Trinajstić information content (AvgIpc) is 2.50. The van der Waals surface area contributed by atoms with Crippen molar-refractivity contribution in [3.05, 3.63) is 81.3 Å². The summed E-state index contributed by atoms with van der Waals surface area (Å²) in [6.07, 6.45) is 1.96. The molecule has 124 valence electrons. The van der Waals surface area contributed by atoms with Gasteiger partial charge in [0.25, 0.3) is 0 Å². The summed E-state index contributed by atoms with van der Waals surface area (Å²) < 4.78 is 0. The van der Waals surface area contributed by atoms with Crippen LogP contribution in [0.3, 0.4) is 0 Å². The van der Waals surface area contributed by atoms with E-state index in [1.54, 1.807) is 0 Å². The molecule has 2 aromatic rings. The first-order valence-electron chi connectivity index (χ1n) is 8.48. The minimum Gasteiger partial charge on any atom is -0.358 e. The Kier molecular flexibility index (Phi) is 4.08. The highest BCUT2D eigenvalue weighted by atomic mass is 14.9. The first-order chi connectivity index (χ1) is 11.3. The molecule has 1 aromatic heterocycles. The Morgan fingerprint density at radius 1 is 1.08 bits per heavy atom. The Balaban J connectivity index is 2.36. The highest BCUT2D eigenvalue weighted by Crippen LogP contribution is 2.46. The molecule has 1 N–H and O–H groups in total. The van der Waals surface area contributed by atoms with Crippen LogP contribution in [0.15, 0.2) is 47.8 Å². The summed E-state index contributed by atoms with van der Waals surface area (Å²) in [6.45, 7) is 17.1. The molecule has 2 heteroatoms. The van der Waals surface area contributed by atoms with Gasteiger partial charge < -0.3 is 5.32 Å². The Morgan fingerprint density at radius 2 is 1.79 bits per heavy atom. The van der Waals surface area contributed by atoms with Crippen molar-refractivity contribution in [2.45, 2.75) is 47.5 Å². The van der Waals surface area contributed by atoms with Gasteiger partial charge in [0, 0.05) is 34.8 Å². The van der Waals surface area contributed by atoms with Gasteiger partial charge in [-0.05, 0) is 63.8 Å². The zero-order valence-corrected chi connectivity index (χ0v) is 15.5. The highest BCUT2D eigenvalue weighted by molar-refractivity contribution is 5.72. The van der Waals surface area contributed by atoms with Crippen LogP contribution in [0.2, 0.25) is 0 Å². The lowest BCUT2D eigenvalue weighted by Gasteiger charge is -2.34. The van der Waals surface area contributed by atoms with Crippen molar-refractivity contribution in [1.29, 1.82) is 0 Å². The van der Waals surface area contributed by atoms with Crippen LogP contribution in [0.25, 0.3) is 0 Å². The van der Waals surface area contributed by atoms with Crippen LogP contribution in [0.1, 0.15) is 53.3 Å². The van der Waals surface area contributed by atoms with E-state index < -0.39 is 0 Å². The number of nitrogens with zero attached hydrogens (tertiary/aromatic N) is 1. The second-order valence-electron chi connectivity index (χ2n) is 7.05. The summed E-state index contributed by atoms with van der Waals surface area (Å²) >= 11 is 0. The Bertz CT molecular complexity index is 872. The normalized spacial score (nSPS) is 16.7. The molecular weight excluding hydrogens is 292 g/mol. The van der Waals surface area contributed by atoms with Gasteiger partial charge in [-0.2, -0.15) is 0 Å². The monoisotopic (exact) mass is 318 g/mol. The highest BCUT2D eigenvalue weighted by Gasteiger charge is 2.31. The van der Waals surface area contributed by atoms with Crippen molar-refractivity contribution in [2.75, 3.05) is 5.32 Å². The second kappa shape index (κ2) is 5.94. The minimum absolute atomic E-state index is 0.187. The van der Waals surface area contributed by atoms with Crippen LogP contribution in [-0.2, 0) is 0 Å². The van der Waals surface area contributed by atoms with Gasteiger partial charge in [0.2, 0.25) is 0 Å². The molecule has 2 heterocycles. The number of rotatable bonds is 2. The zero-order chi connectivity index (χ0) is 17.6. The molecule has 0 unspecified atom stereocenters. The van der Waals surface area contributed by atoms with Crippen molar-refractivity contribution in [3.8, 4) is 0 Å². The first-order valence-corrected chi connectivity index (χ1v) is 8.48. The molecule has 24 heavy (non-hydrogen) atoms. The molecule has 1 atom stereocenters. The standard InChI is InChI=1S/C22H26N2/c1-12(2)19-17(7)24-22-15(5)11-23-16(6)20(22)21(19)18-9-8-13(3)10-14(18)4/h8-11,21,24H,1H2,2-7H3/t21-/m0/s1. The second-order valence-corrected chi connectivity index (χ2v) is 7.05. The number of fused-ring (bicyclic) bond motifs is 1. The maximum atomic E-state index is 4.64. The molecule has 0 radical (unpaired) electrons. The summed E-state index contributed by atoms with van der Waals surface area (Å²) in [5.74, 6) is 0.187. The Labute approximate surface area is 145 Å². The van der Waals surface area contributed by atoms with Gasteiger partial charge in [-0.1, -0.05) is 35.9 Å². The minimum atomic E-state index is 0.187. The molecule has 2 nitrogen and oxygen atoms in total. The fraction of sp³-hybridized carbons (Fsp3) is 0.318. The summed E-state index contributed by atoms with van der Waals surface area (Å²) in [4.78, 5) is 4.64. The number of benzene rings is 1. The van der Waals surface area contributed by atoms with Gasteiger partial charge in [-0.15, -0.1) is 0 Å². The van der Waals surface area contributed by atoms with E-state index in [0.29, 0.717) is 0 Å². The van der Waals surface area contributed by atoms with Gasteiger partial charge >= 0.3 is 0 Å². The summed E-state index contributed by atoms with van der Waals surface area (Å²) in [5, 5.41) is 3.61. The van der Waals surface area contributed by atoms with Gasteiger partial charge in [0.1, 0.15) is 0 Å². The van der Waals surface area contributed by atoms with E-state index in [1.165, 1.54) is 44.8 Å². The molecule has 0 aliphatic carbocycles.